The van der Waals surface area contributed by atoms with E-state index in [4.69, 9.17) is 8.22 Å². The third-order valence-electron chi connectivity index (χ3n) is 0. The Morgan fingerprint density at radius 1 is 2.00 bits per heavy atom. The van der Waals surface area contributed by atoms with Crippen molar-refractivity contribution in [2.75, 3.05) is 0 Å². The van der Waals surface area contributed by atoms with E-state index in [0.29, 0.717) is 0 Å². The van der Waals surface area contributed by atoms with Crippen LogP contribution in [0.3, 0.4) is 0 Å². The zero-order chi connectivity index (χ0) is 8.58. The molecule has 0 atom stereocenters. The van der Waals surface area contributed by atoms with Gasteiger partial charge in [0.2, 0.25) is 0 Å². The Hall–Kier alpha value is -0.260. The highest BCUT2D eigenvalue weighted by atomic mass is 13.6. The highest BCUT2D eigenvalue weighted by molar-refractivity contribution is 4.78. The number of allylic oxidation sites excluding steroid dienone is 1. The van der Waals surface area contributed by atoms with Crippen LogP contribution in [0.1, 0.15) is 21.9 Å². The van der Waals surface area contributed by atoms with Crippen LogP contribution in [0, 0.1) is 0 Å². The second kappa shape index (κ2) is 1.10. The van der Waals surface area contributed by atoms with E-state index in [-0.39, 0.29) is 0 Å². The summed E-state index contributed by atoms with van der Waals surface area (Å²) < 4.78 is 40.0. The molecule has 0 aromatic rings. The summed E-state index contributed by atoms with van der Waals surface area (Å²) in [6, 6.07) is 0. The average molecular weight is 62.1 g/mol. The van der Waals surface area contributed by atoms with Gasteiger partial charge in [-0.25, -0.2) is 0 Å². The largest absolute Gasteiger partial charge is 0.100 e. The Balaban J connectivity index is 4.40. The maximum absolute atomic E-state index is 6.67. The fraction of sp³-hybridized carbons (Fsp3) is 0.500. The molecule has 0 heteroatoms. The van der Waals surface area contributed by atoms with Crippen molar-refractivity contribution in [3.8, 4) is 0 Å². The summed E-state index contributed by atoms with van der Waals surface area (Å²) in [6.07, 6.45) is 0. The molecule has 0 nitrogen and oxygen atoms in total. The Bertz CT molecular complexity index is 121. The summed E-state index contributed by atoms with van der Waals surface area (Å²) in [5, 5.41) is 0. The SMILES string of the molecule is [2H]C([2H])([2H])C(=C)C([2H])([2H])[2H]. The molecule has 0 aliphatic rings. The molecule has 0 spiro atoms. The van der Waals surface area contributed by atoms with Crippen LogP contribution in [-0.4, -0.2) is 0 Å². The van der Waals surface area contributed by atoms with Gasteiger partial charge in [0.25, 0.3) is 0 Å². The molecule has 0 radical (unpaired) electrons. The number of hydrogen-bond donors (Lipinski definition) is 0. The molecule has 0 bridgehead atoms. The summed E-state index contributed by atoms with van der Waals surface area (Å²) in [6.45, 7) is -2.16. The first kappa shape index (κ1) is 0.368. The van der Waals surface area contributed by atoms with E-state index in [1.165, 1.54) is 0 Å². The van der Waals surface area contributed by atoms with Gasteiger partial charge < -0.3 is 0 Å². The van der Waals surface area contributed by atoms with Gasteiger partial charge in [0.15, 0.2) is 0 Å². The Morgan fingerprint density at radius 3 is 2.50 bits per heavy atom. The van der Waals surface area contributed by atoms with Gasteiger partial charge in [-0.05, 0) is 13.7 Å². The molecule has 0 aromatic carbocycles. The number of rotatable bonds is 0. The molecule has 4 heavy (non-hydrogen) atoms. The smallest absolute Gasteiger partial charge is 0.0276 e. The Morgan fingerprint density at radius 2 is 2.50 bits per heavy atom. The maximum Gasteiger partial charge on any atom is 0.0276 e. The van der Waals surface area contributed by atoms with Gasteiger partial charge in [0, 0.05) is 8.22 Å². The topological polar surface area (TPSA) is 0 Å². The first-order valence-electron chi connectivity index (χ1n) is 3.85. The van der Waals surface area contributed by atoms with E-state index in [1.807, 2.05) is 0 Å². The van der Waals surface area contributed by atoms with Crippen LogP contribution in [0.5, 0.6) is 0 Å². The molecule has 24 valence electrons. The van der Waals surface area contributed by atoms with E-state index in [1.54, 1.807) is 0 Å². The fourth-order valence-electron chi connectivity index (χ4n) is 0. The van der Waals surface area contributed by atoms with Crippen molar-refractivity contribution in [1.82, 2.24) is 0 Å². The van der Waals surface area contributed by atoms with E-state index >= 15 is 0 Å². The minimum absolute atomic E-state index is 0.681. The standard InChI is InChI=1S/C4H8/c1-4(2)3/h1H2,2-3H3/i2D3,3D3. The lowest BCUT2D eigenvalue weighted by Gasteiger charge is -1.65. The molecule has 0 heterocycles. The Labute approximate surface area is 35.6 Å². The molecule has 0 unspecified atom stereocenters. The van der Waals surface area contributed by atoms with Crippen molar-refractivity contribution in [1.29, 1.82) is 0 Å². The summed E-state index contributed by atoms with van der Waals surface area (Å²) in [5.74, 6) is 0. The first-order chi connectivity index (χ1) is 4.15. The minimum atomic E-state index is -2.56. The van der Waals surface area contributed by atoms with Crippen LogP contribution in [-0.2, 0) is 0 Å². The van der Waals surface area contributed by atoms with Gasteiger partial charge in [-0.3, -0.25) is 0 Å². The van der Waals surface area contributed by atoms with Gasteiger partial charge in [0.05, 0.1) is 0 Å². The van der Waals surface area contributed by atoms with Crippen molar-refractivity contribution in [2.24, 2.45) is 0 Å². The molecule has 0 N–H and O–H groups in total. The van der Waals surface area contributed by atoms with Gasteiger partial charge in [0.1, 0.15) is 0 Å². The van der Waals surface area contributed by atoms with Gasteiger partial charge in [-0.1, -0.05) is 5.57 Å². The minimum Gasteiger partial charge on any atom is -0.100 e. The van der Waals surface area contributed by atoms with Gasteiger partial charge in [-0.2, -0.15) is 0 Å². The molecule has 0 saturated heterocycles. The zero-order valence-electron chi connectivity index (χ0n) is 8.21. The normalized spacial score (nSPS) is 35.0. The molecule has 0 saturated carbocycles. The van der Waals surface area contributed by atoms with Crippen molar-refractivity contribution >= 4 is 0 Å². The molecule has 0 aliphatic heterocycles. The van der Waals surface area contributed by atoms with Crippen LogP contribution >= 0.6 is 0 Å². The molecule has 0 aromatic heterocycles. The van der Waals surface area contributed by atoms with Crippen LogP contribution in [0.15, 0.2) is 12.2 Å². The first-order valence-corrected chi connectivity index (χ1v) is 0.854. The maximum atomic E-state index is 6.67. The highest BCUT2D eigenvalue weighted by Gasteiger charge is 1.51. The summed E-state index contributed by atoms with van der Waals surface area (Å²) in [4.78, 5) is 0. The van der Waals surface area contributed by atoms with Gasteiger partial charge >= 0.3 is 0 Å². The number of hydrogen-bond acceptors (Lipinski definition) is 0. The van der Waals surface area contributed by atoms with Crippen LogP contribution < -0.4 is 0 Å². The van der Waals surface area contributed by atoms with E-state index in [0.717, 1.165) is 0 Å². The second-order valence-electron chi connectivity index (χ2n) is 0.479. The molecule has 0 rings (SSSR count). The van der Waals surface area contributed by atoms with E-state index in [2.05, 4.69) is 6.58 Å². The fourth-order valence-corrected chi connectivity index (χ4v) is 0. The van der Waals surface area contributed by atoms with Gasteiger partial charge in [-0.15, -0.1) is 6.58 Å². The molecule has 0 amide bonds. The van der Waals surface area contributed by atoms with E-state index in [9.17, 15) is 0 Å². The quantitative estimate of drug-likeness (QED) is 0.374. The van der Waals surface area contributed by atoms with Crippen molar-refractivity contribution in [2.45, 2.75) is 13.7 Å². The highest BCUT2D eigenvalue weighted by Crippen LogP contribution is 1.73. The molecular weight excluding hydrogens is 48.0 g/mol. The predicted octanol–water partition coefficient (Wildman–Crippen LogP) is 1.58. The Kier molecular flexibility index (Phi) is 0.102. The zero-order valence-corrected chi connectivity index (χ0v) is 2.21. The molecular formula is C4H8. The van der Waals surface area contributed by atoms with Crippen molar-refractivity contribution in [3.63, 3.8) is 0 Å². The summed E-state index contributed by atoms with van der Waals surface area (Å²) in [7, 11) is 0. The summed E-state index contributed by atoms with van der Waals surface area (Å²) >= 11 is 0. The predicted molar refractivity (Wildman–Crippen MR) is 20.5 cm³/mol. The second-order valence-corrected chi connectivity index (χ2v) is 0.479. The molecule has 0 aliphatic carbocycles. The van der Waals surface area contributed by atoms with Crippen molar-refractivity contribution in [3.05, 3.63) is 12.2 Å². The monoisotopic (exact) mass is 62.1 g/mol. The van der Waals surface area contributed by atoms with E-state index < -0.39 is 19.3 Å². The average Bonchev–Trinajstić information content (AvgIpc) is 1.59. The third-order valence-corrected chi connectivity index (χ3v) is 0. The lowest BCUT2D eigenvalue weighted by Crippen LogP contribution is -1.43. The van der Waals surface area contributed by atoms with Crippen LogP contribution in [0.25, 0.3) is 0 Å². The lowest BCUT2D eigenvalue weighted by molar-refractivity contribution is 1.42. The van der Waals surface area contributed by atoms with Crippen LogP contribution in [0.4, 0.5) is 0 Å². The van der Waals surface area contributed by atoms with Crippen LogP contribution in [0.2, 0.25) is 0 Å². The lowest BCUT2D eigenvalue weighted by atomic mass is 10.4. The molecule has 0 fully saturated rings. The summed E-state index contributed by atoms with van der Waals surface area (Å²) in [5.41, 5.74) is -0.681. The third kappa shape index (κ3) is 14.1. The van der Waals surface area contributed by atoms with Crippen molar-refractivity contribution < 1.29 is 8.22 Å².